The van der Waals surface area contributed by atoms with Crippen LogP contribution in [-0.2, 0) is 14.8 Å². The Morgan fingerprint density at radius 2 is 1.92 bits per heavy atom. The van der Waals surface area contributed by atoms with Crippen LogP contribution in [0.1, 0.15) is 16.7 Å². The summed E-state index contributed by atoms with van der Waals surface area (Å²) < 4.78 is 30.1. The molecule has 0 radical (unpaired) electrons. The van der Waals surface area contributed by atoms with Crippen LogP contribution >= 0.6 is 0 Å². The molecule has 0 aliphatic carbocycles. The molecule has 1 aromatic carbocycles. The molecule has 8 heteroatoms. The fraction of sp³-hybridized carbons (Fsp3) is 0.562. The van der Waals surface area contributed by atoms with Gasteiger partial charge in [-0.25, -0.2) is 13.2 Å². The summed E-state index contributed by atoms with van der Waals surface area (Å²) in [5, 5.41) is 5.59. The van der Waals surface area contributed by atoms with Crippen molar-refractivity contribution in [2.75, 3.05) is 37.8 Å². The summed E-state index contributed by atoms with van der Waals surface area (Å²) in [7, 11) is -3.24. The first-order valence-corrected chi connectivity index (χ1v) is 9.71. The Morgan fingerprint density at radius 1 is 1.29 bits per heavy atom. The number of urea groups is 1. The van der Waals surface area contributed by atoms with E-state index in [4.69, 9.17) is 4.74 Å². The Labute approximate surface area is 143 Å². The lowest BCUT2D eigenvalue weighted by atomic mass is 10.1. The Balaban J connectivity index is 1.90. The van der Waals surface area contributed by atoms with E-state index in [9.17, 15) is 13.2 Å². The molecule has 7 nitrogen and oxygen atoms in total. The fourth-order valence-corrected chi connectivity index (χ4v) is 3.70. The van der Waals surface area contributed by atoms with Crippen LogP contribution in [0.5, 0.6) is 0 Å². The minimum absolute atomic E-state index is 0.252. The van der Waals surface area contributed by atoms with Crippen molar-refractivity contribution in [2.24, 2.45) is 0 Å². The highest BCUT2D eigenvalue weighted by Crippen LogP contribution is 2.21. The van der Waals surface area contributed by atoms with E-state index >= 15 is 0 Å². The van der Waals surface area contributed by atoms with E-state index in [2.05, 4.69) is 10.6 Å². The van der Waals surface area contributed by atoms with E-state index in [1.807, 2.05) is 32.9 Å². The van der Waals surface area contributed by atoms with Crippen molar-refractivity contribution in [1.29, 1.82) is 0 Å². The minimum Gasteiger partial charge on any atom is -0.374 e. The summed E-state index contributed by atoms with van der Waals surface area (Å²) in [5.74, 6) is 0. The molecule has 2 rings (SSSR count). The van der Waals surface area contributed by atoms with Crippen molar-refractivity contribution in [3.8, 4) is 0 Å². The van der Waals surface area contributed by atoms with Crippen LogP contribution < -0.4 is 10.6 Å². The first kappa shape index (κ1) is 18.7. The van der Waals surface area contributed by atoms with Gasteiger partial charge in [0.1, 0.15) is 0 Å². The second-order valence-corrected chi connectivity index (χ2v) is 8.20. The number of carbonyl (C=O) groups excluding carboxylic acids is 1. The van der Waals surface area contributed by atoms with Gasteiger partial charge < -0.3 is 15.4 Å². The number of benzene rings is 1. The van der Waals surface area contributed by atoms with Gasteiger partial charge in [-0.15, -0.1) is 0 Å². The van der Waals surface area contributed by atoms with Crippen LogP contribution in [-0.4, -0.2) is 57.4 Å². The van der Waals surface area contributed by atoms with Gasteiger partial charge in [-0.3, -0.25) is 0 Å². The number of carbonyl (C=O) groups is 1. The number of nitrogens with one attached hydrogen (secondary N) is 2. The minimum atomic E-state index is -3.24. The standard InChI is InChI=1S/C16H25N3O4S/c1-11-7-12(2)15(13(3)8-11)18-16(20)17-9-14-10-19(5-6-23-14)24(4,21)22/h7-8,14H,5-6,9-10H2,1-4H3,(H2,17,18,20). The van der Waals surface area contributed by atoms with Gasteiger partial charge >= 0.3 is 6.03 Å². The van der Waals surface area contributed by atoms with E-state index in [0.717, 1.165) is 22.4 Å². The molecule has 1 fully saturated rings. The summed E-state index contributed by atoms with van der Waals surface area (Å²) in [6.45, 7) is 7.09. The smallest absolute Gasteiger partial charge is 0.319 e. The summed E-state index contributed by atoms with van der Waals surface area (Å²) in [4.78, 5) is 12.1. The van der Waals surface area contributed by atoms with Gasteiger partial charge in [0.05, 0.1) is 19.0 Å². The third-order valence-electron chi connectivity index (χ3n) is 3.98. The molecule has 1 saturated heterocycles. The number of rotatable bonds is 4. The predicted molar refractivity (Wildman–Crippen MR) is 93.8 cm³/mol. The largest absolute Gasteiger partial charge is 0.374 e. The van der Waals surface area contributed by atoms with Crippen molar-refractivity contribution < 1.29 is 17.9 Å². The number of sulfonamides is 1. The van der Waals surface area contributed by atoms with Crippen molar-refractivity contribution in [1.82, 2.24) is 9.62 Å². The molecule has 0 aromatic heterocycles. The van der Waals surface area contributed by atoms with Gasteiger partial charge in [0.2, 0.25) is 10.0 Å². The first-order chi connectivity index (χ1) is 11.2. The molecule has 1 aromatic rings. The summed E-state index contributed by atoms with van der Waals surface area (Å²) >= 11 is 0. The molecule has 1 heterocycles. The van der Waals surface area contributed by atoms with Crippen LogP contribution in [0.4, 0.5) is 10.5 Å². The van der Waals surface area contributed by atoms with Gasteiger partial charge in [0.15, 0.2) is 0 Å². The topological polar surface area (TPSA) is 87.7 Å². The molecule has 0 spiro atoms. The van der Waals surface area contributed by atoms with Gasteiger partial charge in [-0.1, -0.05) is 17.7 Å². The van der Waals surface area contributed by atoms with Crippen LogP contribution in [0.3, 0.4) is 0 Å². The first-order valence-electron chi connectivity index (χ1n) is 7.86. The second kappa shape index (κ2) is 7.50. The van der Waals surface area contributed by atoms with E-state index in [1.165, 1.54) is 10.6 Å². The van der Waals surface area contributed by atoms with Crippen molar-refractivity contribution in [3.63, 3.8) is 0 Å². The molecule has 2 N–H and O–H groups in total. The van der Waals surface area contributed by atoms with Crippen molar-refractivity contribution in [2.45, 2.75) is 26.9 Å². The van der Waals surface area contributed by atoms with Gasteiger partial charge in [-0.2, -0.15) is 4.31 Å². The third-order valence-corrected chi connectivity index (χ3v) is 5.25. The van der Waals surface area contributed by atoms with Gasteiger partial charge in [0.25, 0.3) is 0 Å². The van der Waals surface area contributed by atoms with Crippen LogP contribution in [0.2, 0.25) is 0 Å². The van der Waals surface area contributed by atoms with Crippen molar-refractivity contribution >= 4 is 21.7 Å². The summed E-state index contributed by atoms with van der Waals surface area (Å²) in [6, 6.07) is 3.69. The molecule has 0 bridgehead atoms. The molecule has 2 amide bonds. The Bertz CT molecular complexity index is 695. The number of morpholine rings is 1. The van der Waals surface area contributed by atoms with E-state index in [1.54, 1.807) is 0 Å². The van der Waals surface area contributed by atoms with Crippen LogP contribution in [0, 0.1) is 20.8 Å². The lowest BCUT2D eigenvalue weighted by Crippen LogP contribution is -2.49. The number of hydrogen-bond acceptors (Lipinski definition) is 4. The second-order valence-electron chi connectivity index (χ2n) is 6.22. The summed E-state index contributed by atoms with van der Waals surface area (Å²) in [5.41, 5.74) is 3.94. The normalized spacial score (nSPS) is 19.1. The lowest BCUT2D eigenvalue weighted by Gasteiger charge is -2.31. The number of nitrogens with zero attached hydrogens (tertiary/aromatic N) is 1. The number of amides is 2. The highest BCUT2D eigenvalue weighted by molar-refractivity contribution is 7.88. The molecule has 1 aliphatic rings. The van der Waals surface area contributed by atoms with Gasteiger partial charge in [-0.05, 0) is 31.9 Å². The number of anilines is 1. The fourth-order valence-electron chi connectivity index (χ4n) is 2.86. The Hall–Kier alpha value is -1.64. The Kier molecular flexibility index (Phi) is 5.84. The maximum Gasteiger partial charge on any atom is 0.319 e. The highest BCUT2D eigenvalue weighted by atomic mass is 32.2. The van der Waals surface area contributed by atoms with E-state index in [-0.39, 0.29) is 25.2 Å². The van der Waals surface area contributed by atoms with E-state index in [0.29, 0.717) is 13.2 Å². The van der Waals surface area contributed by atoms with Crippen molar-refractivity contribution in [3.05, 3.63) is 28.8 Å². The molecule has 1 unspecified atom stereocenters. The molecule has 1 atom stereocenters. The lowest BCUT2D eigenvalue weighted by molar-refractivity contribution is 0.00167. The zero-order chi connectivity index (χ0) is 17.9. The Morgan fingerprint density at radius 3 is 2.50 bits per heavy atom. The quantitative estimate of drug-likeness (QED) is 0.854. The van der Waals surface area contributed by atoms with Gasteiger partial charge in [0, 0.05) is 25.3 Å². The van der Waals surface area contributed by atoms with E-state index < -0.39 is 10.0 Å². The highest BCUT2D eigenvalue weighted by Gasteiger charge is 2.26. The molecule has 24 heavy (non-hydrogen) atoms. The predicted octanol–water partition coefficient (Wildman–Crippen LogP) is 1.39. The zero-order valence-corrected chi connectivity index (χ0v) is 15.4. The third kappa shape index (κ3) is 4.93. The number of aryl methyl sites for hydroxylation is 3. The average molecular weight is 355 g/mol. The average Bonchev–Trinajstić information content (AvgIpc) is 2.48. The number of ether oxygens (including phenoxy) is 1. The molecular formula is C16H25N3O4S. The monoisotopic (exact) mass is 355 g/mol. The summed E-state index contributed by atoms with van der Waals surface area (Å²) in [6.07, 6.45) is 0.831. The van der Waals surface area contributed by atoms with Crippen LogP contribution in [0.15, 0.2) is 12.1 Å². The molecule has 0 saturated carbocycles. The molecule has 1 aliphatic heterocycles. The number of hydrogen-bond donors (Lipinski definition) is 2. The molecule has 134 valence electrons. The zero-order valence-electron chi connectivity index (χ0n) is 14.5. The SMILES string of the molecule is Cc1cc(C)c(NC(=O)NCC2CN(S(C)(=O)=O)CCO2)c(C)c1. The van der Waals surface area contributed by atoms with Crippen LogP contribution in [0.25, 0.3) is 0 Å². The molecular weight excluding hydrogens is 330 g/mol. The maximum absolute atomic E-state index is 12.1. The maximum atomic E-state index is 12.1.